The highest BCUT2D eigenvalue weighted by Crippen LogP contribution is 2.21. The topological polar surface area (TPSA) is 154 Å². The molecule has 32 heavy (non-hydrogen) atoms. The lowest BCUT2D eigenvalue weighted by molar-refractivity contribution is -0.145. The number of aliphatic carboxylic acids is 1. The van der Waals surface area contributed by atoms with E-state index >= 15 is 0 Å². The number of hydrogen-bond donors (Lipinski definition) is 5. The molecule has 2 rings (SSSR count). The number of nitrogens with two attached hydrogens (primary N) is 1. The van der Waals surface area contributed by atoms with Crippen molar-refractivity contribution in [2.75, 3.05) is 31.6 Å². The van der Waals surface area contributed by atoms with Crippen molar-refractivity contribution in [1.82, 2.24) is 20.9 Å². The molecule has 0 bridgehead atoms. The second-order valence-electron chi connectivity index (χ2n) is 8.37. The molecule has 2 fully saturated rings. The lowest BCUT2D eigenvalue weighted by atomic mass is 10.1. The number of amides is 3. The fourth-order valence-corrected chi connectivity index (χ4v) is 4.67. The first-order valence-electron chi connectivity index (χ1n) is 11.5. The third-order valence-corrected chi connectivity index (χ3v) is 6.65. The molecule has 0 aromatic heterocycles. The number of carbonyl (C=O) groups excluding carboxylic acids is 3. The number of nitrogens with zero attached hydrogens (tertiary/aromatic N) is 1. The predicted octanol–water partition coefficient (Wildman–Crippen LogP) is -0.334. The maximum Gasteiger partial charge on any atom is 0.326 e. The monoisotopic (exact) mass is 471 g/mol. The van der Waals surface area contributed by atoms with E-state index in [0.29, 0.717) is 50.9 Å². The summed E-state index contributed by atoms with van der Waals surface area (Å²) >= 11 is 1.51. The van der Waals surface area contributed by atoms with Crippen LogP contribution in [0.15, 0.2) is 0 Å². The number of nitrogens with one attached hydrogen (secondary N) is 3. The standard InChI is InChI=1S/C21H37N5O5S/c1-32-13-9-16(21(30)31)25-19(28)17-8-5-12-26(17)20(29)15(6-2-3-10-22)24-18(27)14-7-4-11-23-14/h14-17,23H,2-13,22H2,1H3,(H,24,27)(H,25,28)(H,30,31). The highest BCUT2D eigenvalue weighted by molar-refractivity contribution is 7.98. The molecule has 3 amide bonds. The van der Waals surface area contributed by atoms with E-state index in [9.17, 15) is 24.3 Å². The Bertz CT molecular complexity index is 658. The number of thioether (sulfide) groups is 1. The van der Waals surface area contributed by atoms with Gasteiger partial charge in [0.1, 0.15) is 18.1 Å². The molecule has 4 atom stereocenters. The minimum absolute atomic E-state index is 0.197. The number of rotatable bonds is 13. The predicted molar refractivity (Wildman–Crippen MR) is 123 cm³/mol. The van der Waals surface area contributed by atoms with E-state index in [-0.39, 0.29) is 17.9 Å². The van der Waals surface area contributed by atoms with E-state index in [2.05, 4.69) is 16.0 Å². The molecule has 0 radical (unpaired) electrons. The molecule has 2 aliphatic heterocycles. The molecule has 0 spiro atoms. The van der Waals surface area contributed by atoms with Crippen molar-refractivity contribution in [3.63, 3.8) is 0 Å². The van der Waals surface area contributed by atoms with Gasteiger partial charge < -0.3 is 31.7 Å². The highest BCUT2D eigenvalue weighted by atomic mass is 32.2. The van der Waals surface area contributed by atoms with E-state index in [4.69, 9.17) is 5.73 Å². The van der Waals surface area contributed by atoms with Gasteiger partial charge in [0.15, 0.2) is 0 Å². The number of likely N-dealkylation sites (tertiary alicyclic amines) is 1. The summed E-state index contributed by atoms with van der Waals surface area (Å²) < 4.78 is 0. The summed E-state index contributed by atoms with van der Waals surface area (Å²) in [4.78, 5) is 51.9. The normalized spacial score (nSPS) is 22.4. The van der Waals surface area contributed by atoms with Crippen LogP contribution in [0.5, 0.6) is 0 Å². The van der Waals surface area contributed by atoms with Crippen LogP contribution in [0.1, 0.15) is 51.4 Å². The van der Waals surface area contributed by atoms with Crippen molar-refractivity contribution in [2.45, 2.75) is 75.5 Å². The average Bonchev–Trinajstić information content (AvgIpc) is 3.47. The first kappa shape index (κ1) is 26.4. The molecule has 2 saturated heterocycles. The van der Waals surface area contributed by atoms with Crippen LogP contribution in [0.25, 0.3) is 0 Å². The summed E-state index contributed by atoms with van der Waals surface area (Å²) in [5, 5.41) is 18.0. The summed E-state index contributed by atoms with van der Waals surface area (Å²) in [6.07, 6.45) is 6.83. The maximum atomic E-state index is 13.4. The molecule has 0 aromatic carbocycles. The summed E-state index contributed by atoms with van der Waals surface area (Å²) in [5.41, 5.74) is 5.59. The fraction of sp³-hybridized carbons (Fsp3) is 0.810. The van der Waals surface area contributed by atoms with Crippen LogP contribution in [0, 0.1) is 0 Å². The average molecular weight is 472 g/mol. The Labute approximate surface area is 193 Å². The smallest absolute Gasteiger partial charge is 0.326 e. The molecule has 11 heteroatoms. The Balaban J connectivity index is 2.05. The zero-order valence-corrected chi connectivity index (χ0v) is 19.6. The highest BCUT2D eigenvalue weighted by Gasteiger charge is 2.39. The van der Waals surface area contributed by atoms with Gasteiger partial charge in [-0.15, -0.1) is 0 Å². The van der Waals surface area contributed by atoms with Gasteiger partial charge in [-0.2, -0.15) is 11.8 Å². The molecule has 2 aliphatic rings. The van der Waals surface area contributed by atoms with Gasteiger partial charge in [-0.1, -0.05) is 0 Å². The zero-order chi connectivity index (χ0) is 23.5. The number of carboxylic acid groups (broad SMARTS) is 1. The summed E-state index contributed by atoms with van der Waals surface area (Å²) in [6.45, 7) is 1.68. The van der Waals surface area contributed by atoms with Crippen molar-refractivity contribution < 1.29 is 24.3 Å². The molecule has 2 heterocycles. The van der Waals surface area contributed by atoms with E-state index < -0.39 is 30.0 Å². The van der Waals surface area contributed by atoms with Crippen LogP contribution >= 0.6 is 11.8 Å². The van der Waals surface area contributed by atoms with Crippen molar-refractivity contribution >= 4 is 35.5 Å². The number of carboxylic acids is 1. The van der Waals surface area contributed by atoms with Gasteiger partial charge >= 0.3 is 5.97 Å². The lowest BCUT2D eigenvalue weighted by Gasteiger charge is -2.30. The molecule has 0 saturated carbocycles. The first-order chi connectivity index (χ1) is 15.4. The van der Waals surface area contributed by atoms with Crippen LogP contribution in [0.3, 0.4) is 0 Å². The SMILES string of the molecule is CSCCC(NC(=O)C1CCCN1C(=O)C(CCCCN)NC(=O)C1CCCN1)C(=O)O. The van der Waals surface area contributed by atoms with Gasteiger partial charge in [-0.3, -0.25) is 14.4 Å². The van der Waals surface area contributed by atoms with Crippen molar-refractivity contribution in [3.05, 3.63) is 0 Å². The Kier molecular flexibility index (Phi) is 11.3. The Hall–Kier alpha value is -1.85. The fourth-order valence-electron chi connectivity index (χ4n) is 4.20. The van der Waals surface area contributed by atoms with E-state index in [1.54, 1.807) is 0 Å². The molecule has 10 nitrogen and oxygen atoms in total. The molecular formula is C21H37N5O5S. The van der Waals surface area contributed by atoms with E-state index in [1.807, 2.05) is 6.26 Å². The Morgan fingerprint density at radius 2 is 1.84 bits per heavy atom. The molecule has 0 aliphatic carbocycles. The second-order valence-corrected chi connectivity index (χ2v) is 9.35. The van der Waals surface area contributed by atoms with Gasteiger partial charge in [-0.25, -0.2) is 4.79 Å². The quantitative estimate of drug-likeness (QED) is 0.229. The molecular weight excluding hydrogens is 434 g/mol. The Morgan fingerprint density at radius 3 is 2.47 bits per heavy atom. The number of carbonyl (C=O) groups is 4. The third-order valence-electron chi connectivity index (χ3n) is 6.00. The van der Waals surface area contributed by atoms with Gasteiger partial charge in [0.25, 0.3) is 0 Å². The molecule has 4 unspecified atom stereocenters. The van der Waals surface area contributed by atoms with Crippen LogP contribution in [0.2, 0.25) is 0 Å². The van der Waals surface area contributed by atoms with Crippen LogP contribution in [-0.2, 0) is 19.2 Å². The Morgan fingerprint density at radius 1 is 1.09 bits per heavy atom. The first-order valence-corrected chi connectivity index (χ1v) is 12.8. The van der Waals surface area contributed by atoms with E-state index in [1.165, 1.54) is 16.7 Å². The van der Waals surface area contributed by atoms with Crippen LogP contribution in [-0.4, -0.2) is 89.5 Å². The largest absolute Gasteiger partial charge is 0.480 e. The minimum atomic E-state index is -1.08. The molecule has 182 valence electrons. The second kappa shape index (κ2) is 13.6. The maximum absolute atomic E-state index is 13.4. The van der Waals surface area contributed by atoms with Gasteiger partial charge in [0.2, 0.25) is 17.7 Å². The molecule has 0 aromatic rings. The van der Waals surface area contributed by atoms with Crippen LogP contribution < -0.4 is 21.7 Å². The zero-order valence-electron chi connectivity index (χ0n) is 18.8. The van der Waals surface area contributed by atoms with E-state index in [0.717, 1.165) is 25.8 Å². The van der Waals surface area contributed by atoms with Gasteiger partial charge in [-0.05, 0) is 76.5 Å². The van der Waals surface area contributed by atoms with Crippen molar-refractivity contribution in [2.24, 2.45) is 5.73 Å². The van der Waals surface area contributed by atoms with Gasteiger partial charge in [0, 0.05) is 6.54 Å². The number of unbranched alkanes of at least 4 members (excludes halogenated alkanes) is 1. The number of hydrogen-bond acceptors (Lipinski definition) is 7. The van der Waals surface area contributed by atoms with Crippen molar-refractivity contribution in [3.8, 4) is 0 Å². The summed E-state index contributed by atoms with van der Waals surface area (Å²) in [6, 6.07) is -2.74. The van der Waals surface area contributed by atoms with Gasteiger partial charge in [0.05, 0.1) is 6.04 Å². The summed E-state index contributed by atoms with van der Waals surface area (Å²) in [7, 11) is 0. The summed E-state index contributed by atoms with van der Waals surface area (Å²) in [5.74, 6) is -1.42. The lowest BCUT2D eigenvalue weighted by Crippen LogP contribution is -2.56. The van der Waals surface area contributed by atoms with Crippen molar-refractivity contribution in [1.29, 1.82) is 0 Å². The minimum Gasteiger partial charge on any atom is -0.480 e. The van der Waals surface area contributed by atoms with Crippen LogP contribution in [0.4, 0.5) is 0 Å². The molecule has 6 N–H and O–H groups in total. The third kappa shape index (κ3) is 7.63.